The van der Waals surface area contributed by atoms with E-state index in [2.05, 4.69) is 0 Å². The standard InChI is InChI=1S/C25H37N3O4/c1-24(2,3)32-23(31)28-14-10-9-13-20(28)21(29)26-15-17-27(18-16-26)22(30)25(4,5)19-11-7-6-8-12-19/h6-8,11-12,20H,9-10,13-18H2,1-5H3. The fourth-order valence-electron chi connectivity index (χ4n) is 4.44. The second-order valence-electron chi connectivity index (χ2n) is 10.3. The number of amides is 3. The molecular formula is C25H37N3O4. The first-order valence-electron chi connectivity index (χ1n) is 11.6. The maximum Gasteiger partial charge on any atom is 0.410 e. The first-order valence-corrected chi connectivity index (χ1v) is 11.6. The van der Waals surface area contributed by atoms with Gasteiger partial charge in [-0.1, -0.05) is 30.3 Å². The molecule has 1 aromatic rings. The third-order valence-electron chi connectivity index (χ3n) is 6.32. The molecular weight excluding hydrogens is 406 g/mol. The summed E-state index contributed by atoms with van der Waals surface area (Å²) in [6.07, 6.45) is 2.02. The SMILES string of the molecule is CC(C)(C)OC(=O)N1CCCCC1C(=O)N1CCN(C(=O)C(C)(C)c2ccccc2)CC1. The molecule has 1 unspecified atom stereocenters. The Kier molecular flexibility index (Phi) is 7.16. The van der Waals surface area contributed by atoms with Crippen molar-refractivity contribution in [3.05, 3.63) is 35.9 Å². The van der Waals surface area contributed by atoms with Crippen LogP contribution in [0.5, 0.6) is 0 Å². The van der Waals surface area contributed by atoms with Gasteiger partial charge < -0.3 is 14.5 Å². The fraction of sp³-hybridized carbons (Fsp3) is 0.640. The number of likely N-dealkylation sites (tertiary alicyclic amines) is 1. The van der Waals surface area contributed by atoms with E-state index in [1.165, 1.54) is 0 Å². The Morgan fingerprint density at radius 3 is 2.03 bits per heavy atom. The van der Waals surface area contributed by atoms with Crippen LogP contribution < -0.4 is 0 Å². The molecule has 7 nitrogen and oxygen atoms in total. The van der Waals surface area contributed by atoms with Crippen molar-refractivity contribution in [1.29, 1.82) is 0 Å². The molecule has 2 fully saturated rings. The number of piperazine rings is 1. The van der Waals surface area contributed by atoms with Crippen molar-refractivity contribution in [1.82, 2.24) is 14.7 Å². The number of piperidine rings is 1. The molecule has 1 atom stereocenters. The van der Waals surface area contributed by atoms with Crippen LogP contribution in [0.25, 0.3) is 0 Å². The Morgan fingerprint density at radius 1 is 0.844 bits per heavy atom. The molecule has 32 heavy (non-hydrogen) atoms. The van der Waals surface area contributed by atoms with E-state index in [1.54, 1.807) is 9.80 Å². The number of hydrogen-bond donors (Lipinski definition) is 0. The van der Waals surface area contributed by atoms with E-state index in [9.17, 15) is 14.4 Å². The average molecular weight is 444 g/mol. The van der Waals surface area contributed by atoms with Gasteiger partial charge in [0.25, 0.3) is 0 Å². The molecule has 0 spiro atoms. The zero-order valence-electron chi connectivity index (χ0n) is 20.1. The maximum atomic E-state index is 13.3. The van der Waals surface area contributed by atoms with Gasteiger partial charge in [-0.25, -0.2) is 4.79 Å². The van der Waals surface area contributed by atoms with Gasteiger partial charge in [-0.3, -0.25) is 14.5 Å². The van der Waals surface area contributed by atoms with Gasteiger partial charge in [0, 0.05) is 32.7 Å². The molecule has 0 N–H and O–H groups in total. The highest BCUT2D eigenvalue weighted by atomic mass is 16.6. The van der Waals surface area contributed by atoms with Crippen LogP contribution in [0, 0.1) is 0 Å². The molecule has 3 amide bonds. The Labute approximate surface area is 191 Å². The van der Waals surface area contributed by atoms with Gasteiger partial charge >= 0.3 is 6.09 Å². The highest BCUT2D eigenvalue weighted by Gasteiger charge is 2.40. The van der Waals surface area contributed by atoms with Gasteiger partial charge in [0.15, 0.2) is 0 Å². The van der Waals surface area contributed by atoms with E-state index in [0.29, 0.717) is 39.1 Å². The van der Waals surface area contributed by atoms with Crippen LogP contribution in [-0.2, 0) is 19.7 Å². The smallest absolute Gasteiger partial charge is 0.410 e. The quantitative estimate of drug-likeness (QED) is 0.718. The maximum absolute atomic E-state index is 13.3. The summed E-state index contributed by atoms with van der Waals surface area (Å²) in [5, 5.41) is 0. The van der Waals surface area contributed by atoms with E-state index in [-0.39, 0.29) is 11.8 Å². The number of carbonyl (C=O) groups excluding carboxylic acids is 3. The summed E-state index contributed by atoms with van der Waals surface area (Å²) in [6.45, 7) is 11.9. The lowest BCUT2D eigenvalue weighted by molar-refractivity contribution is -0.145. The molecule has 7 heteroatoms. The first-order chi connectivity index (χ1) is 15.0. The highest BCUT2D eigenvalue weighted by Crippen LogP contribution is 2.27. The molecule has 0 bridgehead atoms. The van der Waals surface area contributed by atoms with E-state index < -0.39 is 23.2 Å². The minimum atomic E-state index is -0.621. The van der Waals surface area contributed by atoms with Gasteiger partial charge in [0.1, 0.15) is 11.6 Å². The summed E-state index contributed by atoms with van der Waals surface area (Å²) in [5.74, 6) is 0.0359. The van der Waals surface area contributed by atoms with Crippen LogP contribution in [0.1, 0.15) is 59.4 Å². The van der Waals surface area contributed by atoms with Crippen LogP contribution in [0.4, 0.5) is 4.79 Å². The van der Waals surface area contributed by atoms with Crippen molar-refractivity contribution in [2.45, 2.75) is 70.9 Å². The van der Waals surface area contributed by atoms with Crippen molar-refractivity contribution in [2.24, 2.45) is 0 Å². The van der Waals surface area contributed by atoms with Gasteiger partial charge in [0.2, 0.25) is 11.8 Å². The van der Waals surface area contributed by atoms with Crippen molar-refractivity contribution < 1.29 is 19.1 Å². The lowest BCUT2D eigenvalue weighted by Crippen LogP contribution is -2.59. The Balaban J connectivity index is 1.62. The van der Waals surface area contributed by atoms with E-state index in [4.69, 9.17) is 4.74 Å². The summed E-state index contributed by atoms with van der Waals surface area (Å²) in [4.78, 5) is 44.4. The minimum Gasteiger partial charge on any atom is -0.444 e. The predicted molar refractivity (Wildman–Crippen MR) is 123 cm³/mol. The van der Waals surface area contributed by atoms with Gasteiger partial charge in [-0.2, -0.15) is 0 Å². The Bertz CT molecular complexity index is 823. The summed E-state index contributed by atoms with van der Waals surface area (Å²) >= 11 is 0. The summed E-state index contributed by atoms with van der Waals surface area (Å²) in [5.41, 5.74) is -0.233. The number of carbonyl (C=O) groups is 3. The number of hydrogen-bond acceptors (Lipinski definition) is 4. The monoisotopic (exact) mass is 443 g/mol. The van der Waals surface area contributed by atoms with E-state index in [1.807, 2.05) is 69.9 Å². The second-order valence-corrected chi connectivity index (χ2v) is 10.3. The van der Waals surface area contributed by atoms with Crippen molar-refractivity contribution in [3.63, 3.8) is 0 Å². The van der Waals surface area contributed by atoms with Crippen LogP contribution in [0.2, 0.25) is 0 Å². The van der Waals surface area contributed by atoms with E-state index in [0.717, 1.165) is 18.4 Å². The number of benzene rings is 1. The Hall–Kier alpha value is -2.57. The fourth-order valence-corrected chi connectivity index (χ4v) is 4.44. The summed E-state index contributed by atoms with van der Waals surface area (Å²) in [6, 6.07) is 9.31. The number of rotatable bonds is 3. The van der Waals surface area contributed by atoms with Crippen molar-refractivity contribution >= 4 is 17.9 Å². The normalized spacial score (nSPS) is 20.2. The number of nitrogens with zero attached hydrogens (tertiary/aromatic N) is 3. The molecule has 176 valence electrons. The van der Waals surface area contributed by atoms with E-state index >= 15 is 0 Å². The zero-order valence-corrected chi connectivity index (χ0v) is 20.1. The summed E-state index contributed by atoms with van der Waals surface area (Å²) < 4.78 is 5.54. The zero-order chi connectivity index (χ0) is 23.5. The van der Waals surface area contributed by atoms with Gasteiger partial charge in [0.05, 0.1) is 5.41 Å². The van der Waals surface area contributed by atoms with Crippen LogP contribution in [-0.4, -0.2) is 77.0 Å². The highest BCUT2D eigenvalue weighted by molar-refractivity contribution is 5.88. The van der Waals surface area contributed by atoms with Crippen LogP contribution in [0.15, 0.2) is 30.3 Å². The number of ether oxygens (including phenoxy) is 1. The van der Waals surface area contributed by atoms with Crippen LogP contribution in [0.3, 0.4) is 0 Å². The van der Waals surface area contributed by atoms with Gasteiger partial charge in [-0.15, -0.1) is 0 Å². The first kappa shape index (κ1) is 24.1. The largest absolute Gasteiger partial charge is 0.444 e. The molecule has 2 heterocycles. The lowest BCUT2D eigenvalue weighted by Gasteiger charge is -2.42. The minimum absolute atomic E-state index is 0.0371. The second kappa shape index (κ2) is 9.51. The molecule has 0 saturated carbocycles. The topological polar surface area (TPSA) is 70.2 Å². The average Bonchev–Trinajstić information content (AvgIpc) is 2.77. The van der Waals surface area contributed by atoms with Crippen LogP contribution >= 0.6 is 0 Å². The third kappa shape index (κ3) is 5.43. The molecule has 1 aromatic carbocycles. The summed E-state index contributed by atoms with van der Waals surface area (Å²) in [7, 11) is 0. The Morgan fingerprint density at radius 2 is 1.44 bits per heavy atom. The molecule has 2 aliphatic rings. The van der Waals surface area contributed by atoms with Crippen molar-refractivity contribution in [3.8, 4) is 0 Å². The molecule has 2 aliphatic heterocycles. The molecule has 0 radical (unpaired) electrons. The molecule has 0 aliphatic carbocycles. The lowest BCUT2D eigenvalue weighted by atomic mass is 9.83. The third-order valence-corrected chi connectivity index (χ3v) is 6.32. The molecule has 3 rings (SSSR count). The van der Waals surface area contributed by atoms with Gasteiger partial charge in [-0.05, 0) is 59.4 Å². The molecule has 2 saturated heterocycles. The predicted octanol–water partition coefficient (Wildman–Crippen LogP) is 3.42. The van der Waals surface area contributed by atoms with Crippen molar-refractivity contribution in [2.75, 3.05) is 32.7 Å². The molecule has 0 aromatic heterocycles.